The highest BCUT2D eigenvalue weighted by Crippen LogP contribution is 2.40. The molecule has 1 aromatic carbocycles. The quantitative estimate of drug-likeness (QED) is 0.442. The second kappa shape index (κ2) is 9.40. The first-order valence-electron chi connectivity index (χ1n) is 10.6. The molecule has 164 valence electrons. The van der Waals surface area contributed by atoms with Crippen LogP contribution in [0.5, 0.6) is 5.75 Å². The van der Waals surface area contributed by atoms with Gasteiger partial charge in [0.25, 0.3) is 0 Å². The number of aryl methyl sites for hydroxylation is 2. The molecule has 2 N–H and O–H groups in total. The Balaban J connectivity index is 1.73. The molecule has 0 spiro atoms. The Bertz CT molecular complexity index is 1120. The van der Waals surface area contributed by atoms with Crippen molar-refractivity contribution in [1.82, 2.24) is 9.97 Å². The Labute approximate surface area is 190 Å². The van der Waals surface area contributed by atoms with Gasteiger partial charge in [-0.25, -0.2) is 9.97 Å². The molecule has 31 heavy (non-hydrogen) atoms. The Hall–Kier alpha value is -2.38. The molecule has 3 aromatic rings. The van der Waals surface area contributed by atoms with Gasteiger partial charge in [-0.15, -0.1) is 11.3 Å². The van der Waals surface area contributed by atoms with Gasteiger partial charge in [0.05, 0.1) is 23.9 Å². The lowest BCUT2D eigenvalue weighted by atomic mass is 9.96. The van der Waals surface area contributed by atoms with E-state index >= 15 is 0 Å². The molecule has 0 bridgehead atoms. The van der Waals surface area contributed by atoms with Gasteiger partial charge >= 0.3 is 5.97 Å². The summed E-state index contributed by atoms with van der Waals surface area (Å²) >= 11 is 8.01. The molecular formula is C23H26ClN3O3S. The first kappa shape index (κ1) is 21.8. The number of nitrogens with zero attached hydrogens (tertiary/aromatic N) is 2. The number of nitrogens with one attached hydrogen (secondary N) is 1. The lowest BCUT2D eigenvalue weighted by Gasteiger charge is -2.16. The monoisotopic (exact) mass is 459 g/mol. The van der Waals surface area contributed by atoms with Crippen LogP contribution < -0.4 is 10.1 Å². The van der Waals surface area contributed by atoms with Crippen LogP contribution in [0.25, 0.3) is 10.2 Å². The zero-order chi connectivity index (χ0) is 22.0. The normalized spacial score (nSPS) is 14.3. The number of halogens is 1. The minimum atomic E-state index is -0.830. The number of ether oxygens (including phenoxy) is 1. The molecule has 2 aromatic heterocycles. The van der Waals surface area contributed by atoms with Gasteiger partial charge in [0.2, 0.25) is 0 Å². The van der Waals surface area contributed by atoms with E-state index in [1.165, 1.54) is 23.3 Å². The second-order valence-electron chi connectivity index (χ2n) is 7.85. The number of rotatable bonds is 8. The molecule has 8 heteroatoms. The Morgan fingerprint density at radius 3 is 2.84 bits per heavy atom. The number of methoxy groups -OCH3 is 1. The van der Waals surface area contributed by atoms with Crippen molar-refractivity contribution in [3.05, 3.63) is 45.1 Å². The third kappa shape index (κ3) is 4.62. The molecule has 1 atom stereocenters. The van der Waals surface area contributed by atoms with Crippen molar-refractivity contribution in [3.63, 3.8) is 0 Å². The SMILES string of the molecule is CCC(CC(=O)O)c1nc(NCc2ccc(OC)c(Cl)c2)c2c3c(sc2n1)CCCC3. The van der Waals surface area contributed by atoms with Gasteiger partial charge in [0.1, 0.15) is 22.2 Å². The predicted molar refractivity (Wildman–Crippen MR) is 125 cm³/mol. The largest absolute Gasteiger partial charge is 0.495 e. The van der Waals surface area contributed by atoms with Crippen molar-refractivity contribution in [2.75, 3.05) is 12.4 Å². The van der Waals surface area contributed by atoms with Crippen molar-refractivity contribution in [1.29, 1.82) is 0 Å². The number of hydrogen-bond donors (Lipinski definition) is 2. The molecular weight excluding hydrogens is 434 g/mol. The fourth-order valence-electron chi connectivity index (χ4n) is 4.12. The van der Waals surface area contributed by atoms with E-state index in [0.717, 1.165) is 34.4 Å². The molecule has 1 unspecified atom stereocenters. The van der Waals surface area contributed by atoms with E-state index in [1.807, 2.05) is 25.1 Å². The van der Waals surface area contributed by atoms with Crippen LogP contribution in [0.4, 0.5) is 5.82 Å². The van der Waals surface area contributed by atoms with Crippen molar-refractivity contribution >= 4 is 44.9 Å². The maximum absolute atomic E-state index is 11.4. The molecule has 0 amide bonds. The van der Waals surface area contributed by atoms with Gasteiger partial charge in [0.15, 0.2) is 0 Å². The number of benzene rings is 1. The number of hydrogen-bond acceptors (Lipinski definition) is 6. The maximum Gasteiger partial charge on any atom is 0.304 e. The maximum atomic E-state index is 11.4. The molecule has 0 saturated heterocycles. The standard InChI is InChI=1S/C23H26ClN3O3S/c1-3-14(11-19(28)29)21-26-22(25-12-13-8-9-17(30-2)16(24)10-13)20-15-6-4-5-7-18(15)31-23(20)27-21/h8-10,14H,3-7,11-12H2,1-2H3,(H,28,29)(H,25,26,27). The highest BCUT2D eigenvalue weighted by molar-refractivity contribution is 7.19. The first-order chi connectivity index (χ1) is 15.0. The number of anilines is 1. The van der Waals surface area contributed by atoms with E-state index in [1.54, 1.807) is 18.4 Å². The summed E-state index contributed by atoms with van der Waals surface area (Å²) in [4.78, 5) is 23.4. The van der Waals surface area contributed by atoms with Crippen molar-refractivity contribution < 1.29 is 14.6 Å². The summed E-state index contributed by atoms with van der Waals surface area (Å²) < 4.78 is 5.24. The summed E-state index contributed by atoms with van der Waals surface area (Å²) in [7, 11) is 1.60. The minimum absolute atomic E-state index is 0.0284. The summed E-state index contributed by atoms with van der Waals surface area (Å²) in [5, 5.41) is 14.5. The van der Waals surface area contributed by atoms with Crippen LogP contribution in [-0.4, -0.2) is 28.2 Å². The van der Waals surface area contributed by atoms with E-state index < -0.39 is 5.97 Å². The molecule has 1 aliphatic rings. The predicted octanol–water partition coefficient (Wildman–Crippen LogP) is 5.81. The summed E-state index contributed by atoms with van der Waals surface area (Å²) in [6.45, 7) is 2.53. The van der Waals surface area contributed by atoms with Gasteiger partial charge in [-0.05, 0) is 55.4 Å². The Morgan fingerprint density at radius 2 is 2.13 bits per heavy atom. The number of carboxylic acids is 1. The zero-order valence-electron chi connectivity index (χ0n) is 17.7. The lowest BCUT2D eigenvalue weighted by molar-refractivity contribution is -0.137. The summed E-state index contributed by atoms with van der Waals surface area (Å²) in [6, 6.07) is 5.71. The topological polar surface area (TPSA) is 84.3 Å². The number of carbonyl (C=O) groups is 1. The minimum Gasteiger partial charge on any atom is -0.495 e. The van der Waals surface area contributed by atoms with Crippen LogP contribution in [0.1, 0.15) is 60.4 Å². The van der Waals surface area contributed by atoms with Crippen LogP contribution in [0.15, 0.2) is 18.2 Å². The number of thiophene rings is 1. The zero-order valence-corrected chi connectivity index (χ0v) is 19.3. The van der Waals surface area contributed by atoms with Crippen LogP contribution in [0.2, 0.25) is 5.02 Å². The molecule has 0 fully saturated rings. The fourth-order valence-corrected chi connectivity index (χ4v) is 5.67. The van der Waals surface area contributed by atoms with Crippen molar-refractivity contribution in [2.24, 2.45) is 0 Å². The van der Waals surface area contributed by atoms with Crippen LogP contribution >= 0.6 is 22.9 Å². The average Bonchev–Trinajstić information content (AvgIpc) is 3.14. The number of aromatic nitrogens is 2. The van der Waals surface area contributed by atoms with Gasteiger partial charge in [-0.2, -0.15) is 0 Å². The molecule has 2 heterocycles. The Kier molecular flexibility index (Phi) is 6.62. The van der Waals surface area contributed by atoms with Gasteiger partial charge < -0.3 is 15.2 Å². The summed E-state index contributed by atoms with van der Waals surface area (Å²) in [6.07, 6.45) is 5.19. The lowest BCUT2D eigenvalue weighted by Crippen LogP contribution is -2.12. The van der Waals surface area contributed by atoms with Crippen molar-refractivity contribution in [3.8, 4) is 5.75 Å². The van der Waals surface area contributed by atoms with E-state index in [-0.39, 0.29) is 12.3 Å². The first-order valence-corrected chi connectivity index (χ1v) is 11.8. The van der Waals surface area contributed by atoms with Gasteiger partial charge in [0, 0.05) is 17.3 Å². The highest BCUT2D eigenvalue weighted by atomic mass is 35.5. The van der Waals surface area contributed by atoms with E-state index in [9.17, 15) is 9.90 Å². The van der Waals surface area contributed by atoms with Gasteiger partial charge in [-0.3, -0.25) is 4.79 Å². The smallest absolute Gasteiger partial charge is 0.304 e. The third-order valence-corrected chi connectivity index (χ3v) is 7.27. The fraction of sp³-hybridized carbons (Fsp3) is 0.435. The highest BCUT2D eigenvalue weighted by Gasteiger charge is 2.24. The number of aliphatic carboxylic acids is 1. The summed E-state index contributed by atoms with van der Waals surface area (Å²) in [5.74, 6) is 0.991. The van der Waals surface area contributed by atoms with Crippen LogP contribution in [-0.2, 0) is 24.2 Å². The molecule has 0 aliphatic heterocycles. The van der Waals surface area contributed by atoms with E-state index in [2.05, 4.69) is 5.32 Å². The van der Waals surface area contributed by atoms with E-state index in [4.69, 9.17) is 26.3 Å². The number of fused-ring (bicyclic) bond motifs is 3. The molecule has 0 saturated carbocycles. The van der Waals surface area contributed by atoms with Gasteiger partial charge in [-0.1, -0.05) is 24.6 Å². The van der Waals surface area contributed by atoms with Crippen LogP contribution in [0.3, 0.4) is 0 Å². The van der Waals surface area contributed by atoms with Crippen LogP contribution in [0, 0.1) is 0 Å². The number of carboxylic acid groups (broad SMARTS) is 1. The Morgan fingerprint density at radius 1 is 1.32 bits per heavy atom. The second-order valence-corrected chi connectivity index (χ2v) is 9.34. The average molecular weight is 460 g/mol. The third-order valence-electron chi connectivity index (χ3n) is 5.79. The molecule has 6 nitrogen and oxygen atoms in total. The molecule has 1 aliphatic carbocycles. The molecule has 0 radical (unpaired) electrons. The molecule has 4 rings (SSSR count). The van der Waals surface area contributed by atoms with E-state index in [0.29, 0.717) is 29.6 Å². The van der Waals surface area contributed by atoms with Crippen molar-refractivity contribution in [2.45, 2.75) is 57.9 Å². The summed E-state index contributed by atoms with van der Waals surface area (Å²) in [5.41, 5.74) is 2.36.